The molecule has 0 saturated carbocycles. The Bertz CT molecular complexity index is 63.5. The molecule has 0 aromatic carbocycles. The van der Waals surface area contributed by atoms with Crippen molar-refractivity contribution in [2.24, 2.45) is 5.92 Å². The molecule has 0 heterocycles. The maximum atomic E-state index is 5.05. The van der Waals surface area contributed by atoms with Crippen LogP contribution in [-0.2, 0) is 4.43 Å². The second kappa shape index (κ2) is 5.06. The van der Waals surface area contributed by atoms with Gasteiger partial charge in [0.05, 0.1) is 0 Å². The Morgan fingerprint density at radius 1 is 1.88 bits per heavy atom. The summed E-state index contributed by atoms with van der Waals surface area (Å²) in [7, 11) is 0.848. The lowest BCUT2D eigenvalue weighted by Crippen LogP contribution is -2.02. The summed E-state index contributed by atoms with van der Waals surface area (Å²) in [4.78, 5) is 0. The molecule has 0 fully saturated rings. The third-order valence-corrected chi connectivity index (χ3v) is 1.57. The zero-order valence-corrected chi connectivity index (χ0v) is 7.68. The summed E-state index contributed by atoms with van der Waals surface area (Å²) in [5.74, 6) is 0.576. The van der Waals surface area contributed by atoms with Gasteiger partial charge in [-0.3, -0.25) is 0 Å². The largest absolute Gasteiger partial charge is 0.427 e. The van der Waals surface area contributed by atoms with Gasteiger partial charge in [0.2, 0.25) is 0 Å². The van der Waals surface area contributed by atoms with Crippen LogP contribution in [0.4, 0.5) is 0 Å². The fourth-order valence-electron chi connectivity index (χ4n) is 0.567. The third-order valence-electron chi connectivity index (χ3n) is 1.24. The molecule has 0 rings (SSSR count). The van der Waals surface area contributed by atoms with Crippen molar-refractivity contribution in [2.75, 3.05) is 6.61 Å². The minimum absolute atomic E-state index is 0.576. The Hall–Kier alpha value is -0.0831. The first kappa shape index (κ1) is 7.92. The van der Waals surface area contributed by atoms with Gasteiger partial charge in [0.15, 0.2) is 0 Å². The van der Waals surface area contributed by atoms with Gasteiger partial charge in [-0.1, -0.05) is 13.0 Å². The van der Waals surface area contributed by atoms with Crippen molar-refractivity contribution < 1.29 is 4.43 Å². The van der Waals surface area contributed by atoms with E-state index in [0.717, 1.165) is 23.5 Å². The SMILES string of the molecule is C=CC(CC)CO[SiH3]. The summed E-state index contributed by atoms with van der Waals surface area (Å²) in [6.45, 7) is 6.70. The van der Waals surface area contributed by atoms with Crippen LogP contribution in [0, 0.1) is 5.92 Å². The molecule has 1 nitrogen and oxygen atoms in total. The zero-order valence-electron chi connectivity index (χ0n) is 5.68. The maximum absolute atomic E-state index is 5.05. The first-order chi connectivity index (χ1) is 3.85. The average Bonchev–Trinajstić information content (AvgIpc) is 1.83. The quantitative estimate of drug-likeness (QED) is 0.398. The van der Waals surface area contributed by atoms with Crippen molar-refractivity contribution >= 4 is 10.5 Å². The Morgan fingerprint density at radius 2 is 2.50 bits per heavy atom. The molecule has 0 aromatic heterocycles. The van der Waals surface area contributed by atoms with E-state index < -0.39 is 0 Å². The van der Waals surface area contributed by atoms with Gasteiger partial charge in [0, 0.05) is 6.61 Å². The Kier molecular flexibility index (Phi) is 5.01. The molecular weight excluding hydrogens is 116 g/mol. The summed E-state index contributed by atoms with van der Waals surface area (Å²) in [5, 5.41) is 0. The molecule has 0 saturated heterocycles. The van der Waals surface area contributed by atoms with Crippen LogP contribution >= 0.6 is 0 Å². The molecule has 0 aromatic rings. The molecule has 0 aliphatic carbocycles. The highest BCUT2D eigenvalue weighted by Gasteiger charge is 1.96. The fourth-order valence-corrected chi connectivity index (χ4v) is 0.995. The topological polar surface area (TPSA) is 9.23 Å². The van der Waals surface area contributed by atoms with E-state index in [1.807, 2.05) is 6.08 Å². The molecule has 1 unspecified atom stereocenters. The number of hydrogen-bond donors (Lipinski definition) is 0. The highest BCUT2D eigenvalue weighted by atomic mass is 28.2. The monoisotopic (exact) mass is 130 g/mol. The minimum Gasteiger partial charge on any atom is -0.427 e. The van der Waals surface area contributed by atoms with Crippen molar-refractivity contribution in [3.63, 3.8) is 0 Å². The van der Waals surface area contributed by atoms with Crippen LogP contribution in [0.3, 0.4) is 0 Å². The highest BCUT2D eigenvalue weighted by Crippen LogP contribution is 2.01. The molecule has 48 valence electrons. The van der Waals surface area contributed by atoms with E-state index in [4.69, 9.17) is 4.43 Å². The smallest absolute Gasteiger partial charge is 0.145 e. The molecule has 0 aliphatic heterocycles. The minimum atomic E-state index is 0.576. The fraction of sp³-hybridized carbons (Fsp3) is 0.667. The van der Waals surface area contributed by atoms with Gasteiger partial charge in [0.1, 0.15) is 10.5 Å². The Morgan fingerprint density at radius 3 is 2.62 bits per heavy atom. The zero-order chi connectivity index (χ0) is 6.41. The van der Waals surface area contributed by atoms with Crippen LogP contribution in [-0.4, -0.2) is 17.1 Å². The van der Waals surface area contributed by atoms with Gasteiger partial charge in [-0.25, -0.2) is 0 Å². The molecule has 1 atom stereocenters. The van der Waals surface area contributed by atoms with Gasteiger partial charge in [-0.05, 0) is 12.3 Å². The van der Waals surface area contributed by atoms with Crippen molar-refractivity contribution in [3.8, 4) is 0 Å². The van der Waals surface area contributed by atoms with Crippen LogP contribution in [0.25, 0.3) is 0 Å². The number of rotatable bonds is 4. The van der Waals surface area contributed by atoms with Crippen LogP contribution in [0.5, 0.6) is 0 Å². The predicted octanol–water partition coefficient (Wildman–Crippen LogP) is 0.496. The predicted molar refractivity (Wildman–Crippen MR) is 39.9 cm³/mol. The second-order valence-electron chi connectivity index (χ2n) is 1.86. The van der Waals surface area contributed by atoms with Crippen LogP contribution < -0.4 is 0 Å². The Balaban J connectivity index is 3.21. The molecule has 0 spiro atoms. The van der Waals surface area contributed by atoms with E-state index in [0.29, 0.717) is 5.92 Å². The molecule has 2 heteroatoms. The first-order valence-corrected chi connectivity index (χ1v) is 3.78. The van der Waals surface area contributed by atoms with E-state index in [1.54, 1.807) is 0 Å². The molecule has 0 radical (unpaired) electrons. The lowest BCUT2D eigenvalue weighted by atomic mass is 10.1. The van der Waals surface area contributed by atoms with Gasteiger partial charge >= 0.3 is 0 Å². The van der Waals surface area contributed by atoms with Crippen LogP contribution in [0.2, 0.25) is 0 Å². The van der Waals surface area contributed by atoms with E-state index >= 15 is 0 Å². The van der Waals surface area contributed by atoms with E-state index in [-0.39, 0.29) is 0 Å². The van der Waals surface area contributed by atoms with E-state index in [1.165, 1.54) is 0 Å². The van der Waals surface area contributed by atoms with E-state index in [2.05, 4.69) is 13.5 Å². The standard InChI is InChI=1S/C6H14OSi/c1-3-6(4-2)5-7-8/h3,6H,1,4-5H2,2,8H3. The van der Waals surface area contributed by atoms with Crippen molar-refractivity contribution in [3.05, 3.63) is 12.7 Å². The van der Waals surface area contributed by atoms with Crippen LogP contribution in [0.1, 0.15) is 13.3 Å². The summed E-state index contributed by atoms with van der Waals surface area (Å²) in [6.07, 6.45) is 3.10. The van der Waals surface area contributed by atoms with Crippen molar-refractivity contribution in [1.29, 1.82) is 0 Å². The second-order valence-corrected chi connectivity index (χ2v) is 2.44. The summed E-state index contributed by atoms with van der Waals surface area (Å²) in [6, 6.07) is 0. The van der Waals surface area contributed by atoms with Gasteiger partial charge < -0.3 is 4.43 Å². The summed E-state index contributed by atoms with van der Waals surface area (Å²) in [5.41, 5.74) is 0. The normalized spacial score (nSPS) is 13.6. The molecule has 0 aliphatic rings. The van der Waals surface area contributed by atoms with E-state index in [9.17, 15) is 0 Å². The molecule has 0 bridgehead atoms. The summed E-state index contributed by atoms with van der Waals surface area (Å²) >= 11 is 0. The van der Waals surface area contributed by atoms with Gasteiger partial charge in [0.25, 0.3) is 0 Å². The maximum Gasteiger partial charge on any atom is 0.145 e. The lowest BCUT2D eigenvalue weighted by molar-refractivity contribution is 0.297. The lowest BCUT2D eigenvalue weighted by Gasteiger charge is -2.05. The average molecular weight is 130 g/mol. The molecule has 0 amide bonds. The molecular formula is C6H14OSi. The van der Waals surface area contributed by atoms with Crippen LogP contribution in [0.15, 0.2) is 12.7 Å². The number of hydrogen-bond acceptors (Lipinski definition) is 1. The van der Waals surface area contributed by atoms with Gasteiger partial charge in [-0.2, -0.15) is 0 Å². The summed E-state index contributed by atoms with van der Waals surface area (Å²) < 4.78 is 5.05. The Labute approximate surface area is 54.3 Å². The van der Waals surface area contributed by atoms with Gasteiger partial charge in [-0.15, -0.1) is 6.58 Å². The molecule has 0 N–H and O–H groups in total. The highest BCUT2D eigenvalue weighted by molar-refractivity contribution is 5.97. The first-order valence-electron chi connectivity index (χ1n) is 2.96. The van der Waals surface area contributed by atoms with Crippen molar-refractivity contribution in [1.82, 2.24) is 0 Å². The molecule has 8 heavy (non-hydrogen) atoms. The van der Waals surface area contributed by atoms with Crippen molar-refractivity contribution in [2.45, 2.75) is 13.3 Å². The third kappa shape index (κ3) is 2.99.